The number of fused-ring (bicyclic) bond motifs is 4. The van der Waals surface area contributed by atoms with Crippen LogP contribution in [0.4, 0.5) is 0 Å². The summed E-state index contributed by atoms with van der Waals surface area (Å²) in [5.74, 6) is 1.28. The molecule has 0 saturated heterocycles. The fourth-order valence-electron chi connectivity index (χ4n) is 4.09. The molecule has 3 aromatic heterocycles. The van der Waals surface area contributed by atoms with Crippen LogP contribution in [0.5, 0.6) is 0 Å². The maximum Gasteiger partial charge on any atom is 0.265 e. The van der Waals surface area contributed by atoms with Crippen LogP contribution in [-0.2, 0) is 13.0 Å². The third kappa shape index (κ3) is 3.41. The average Bonchev–Trinajstić information content (AvgIpc) is 3.10. The summed E-state index contributed by atoms with van der Waals surface area (Å²) >= 11 is 3.51. The van der Waals surface area contributed by atoms with Crippen LogP contribution in [0.3, 0.4) is 0 Å². The number of para-hydroxylation sites is 2. The molecule has 0 bridgehead atoms. The van der Waals surface area contributed by atoms with Gasteiger partial charge in [-0.2, -0.15) is 0 Å². The summed E-state index contributed by atoms with van der Waals surface area (Å²) in [6.45, 7) is 7.02. The van der Waals surface area contributed by atoms with Crippen LogP contribution in [0.25, 0.3) is 38.9 Å². The Hall–Kier alpha value is -3.06. The van der Waals surface area contributed by atoms with Gasteiger partial charge in [0.2, 0.25) is 0 Å². The molecule has 0 unspecified atom stereocenters. The molecule has 5 rings (SSSR count). The molecule has 0 fully saturated rings. The molecule has 0 saturated carbocycles. The van der Waals surface area contributed by atoms with Gasteiger partial charge in [-0.15, -0.1) is 0 Å². The SMILES string of the molecule is CCc1nc2c(c(=O)n1CCC(C)C)c1nc3ccccc3nc1n2-c1ccc(Br)cc1. The maximum absolute atomic E-state index is 13.8. The predicted molar refractivity (Wildman–Crippen MR) is 132 cm³/mol. The number of hydrogen-bond donors (Lipinski definition) is 0. The summed E-state index contributed by atoms with van der Waals surface area (Å²) < 4.78 is 4.77. The van der Waals surface area contributed by atoms with Crippen molar-refractivity contribution < 1.29 is 0 Å². The highest BCUT2D eigenvalue weighted by Crippen LogP contribution is 2.29. The zero-order valence-corrected chi connectivity index (χ0v) is 19.9. The van der Waals surface area contributed by atoms with Crippen molar-refractivity contribution in [2.45, 2.75) is 40.2 Å². The van der Waals surface area contributed by atoms with E-state index in [2.05, 4.69) is 29.8 Å². The van der Waals surface area contributed by atoms with E-state index >= 15 is 0 Å². The second-order valence-electron chi connectivity index (χ2n) is 8.42. The number of benzene rings is 2. The molecule has 0 atom stereocenters. The molecule has 0 aliphatic rings. The molecule has 32 heavy (non-hydrogen) atoms. The molecule has 0 radical (unpaired) electrons. The summed E-state index contributed by atoms with van der Waals surface area (Å²) in [4.78, 5) is 28.6. The lowest BCUT2D eigenvalue weighted by Gasteiger charge is -2.13. The fraction of sp³-hybridized carbons (Fsp3) is 0.280. The zero-order valence-electron chi connectivity index (χ0n) is 18.3. The van der Waals surface area contributed by atoms with Crippen molar-refractivity contribution in [2.24, 2.45) is 5.92 Å². The van der Waals surface area contributed by atoms with Gasteiger partial charge in [-0.3, -0.25) is 13.9 Å². The molecule has 7 heteroatoms. The minimum Gasteiger partial charge on any atom is -0.296 e. The molecule has 0 aliphatic heterocycles. The first-order chi connectivity index (χ1) is 15.5. The maximum atomic E-state index is 13.8. The zero-order chi connectivity index (χ0) is 22.4. The lowest BCUT2D eigenvalue weighted by molar-refractivity contribution is 0.494. The van der Waals surface area contributed by atoms with E-state index in [1.807, 2.05) is 64.6 Å². The highest BCUT2D eigenvalue weighted by molar-refractivity contribution is 9.10. The largest absolute Gasteiger partial charge is 0.296 e. The van der Waals surface area contributed by atoms with E-state index in [0.29, 0.717) is 41.1 Å². The van der Waals surface area contributed by atoms with Crippen molar-refractivity contribution >= 4 is 49.2 Å². The van der Waals surface area contributed by atoms with Gasteiger partial charge in [-0.05, 0) is 48.7 Å². The van der Waals surface area contributed by atoms with Crippen molar-refractivity contribution in [3.8, 4) is 5.69 Å². The summed E-state index contributed by atoms with van der Waals surface area (Å²) in [6.07, 6.45) is 1.59. The Bertz CT molecular complexity index is 1520. The van der Waals surface area contributed by atoms with Crippen LogP contribution in [0.15, 0.2) is 57.8 Å². The van der Waals surface area contributed by atoms with Crippen LogP contribution in [0.1, 0.15) is 33.0 Å². The first kappa shape index (κ1) is 20.8. The van der Waals surface area contributed by atoms with Crippen molar-refractivity contribution in [3.05, 3.63) is 69.2 Å². The molecule has 162 valence electrons. The van der Waals surface area contributed by atoms with Gasteiger partial charge in [0.1, 0.15) is 16.7 Å². The van der Waals surface area contributed by atoms with Gasteiger partial charge in [-0.25, -0.2) is 15.0 Å². The molecule has 0 amide bonds. The molecule has 2 aromatic carbocycles. The van der Waals surface area contributed by atoms with Gasteiger partial charge in [-0.1, -0.05) is 48.8 Å². The molecule has 0 aliphatic carbocycles. The third-order valence-corrected chi connectivity index (χ3v) is 6.30. The Morgan fingerprint density at radius 1 is 0.938 bits per heavy atom. The molecular weight excluding hydrogens is 466 g/mol. The van der Waals surface area contributed by atoms with Crippen molar-refractivity contribution in [2.75, 3.05) is 0 Å². The molecule has 6 nitrogen and oxygen atoms in total. The van der Waals surface area contributed by atoms with E-state index < -0.39 is 0 Å². The van der Waals surface area contributed by atoms with Gasteiger partial charge in [0.15, 0.2) is 11.3 Å². The van der Waals surface area contributed by atoms with Gasteiger partial charge >= 0.3 is 0 Å². The van der Waals surface area contributed by atoms with Crippen molar-refractivity contribution in [3.63, 3.8) is 0 Å². The molecule has 0 spiro atoms. The Labute approximate surface area is 194 Å². The number of nitrogens with zero attached hydrogens (tertiary/aromatic N) is 5. The Morgan fingerprint density at radius 2 is 1.62 bits per heavy atom. The summed E-state index contributed by atoms with van der Waals surface area (Å²) in [7, 11) is 0. The minimum atomic E-state index is -0.0436. The van der Waals surface area contributed by atoms with E-state index in [-0.39, 0.29) is 5.56 Å². The highest BCUT2D eigenvalue weighted by atomic mass is 79.9. The fourth-order valence-corrected chi connectivity index (χ4v) is 4.36. The number of rotatable bonds is 5. The van der Waals surface area contributed by atoms with Crippen molar-refractivity contribution in [1.82, 2.24) is 24.1 Å². The van der Waals surface area contributed by atoms with Gasteiger partial charge in [0, 0.05) is 23.1 Å². The molecule has 5 aromatic rings. The third-order valence-electron chi connectivity index (χ3n) is 5.77. The first-order valence-corrected chi connectivity index (χ1v) is 11.7. The summed E-state index contributed by atoms with van der Waals surface area (Å²) in [5.41, 5.74) is 4.26. The van der Waals surface area contributed by atoms with Gasteiger partial charge in [0.05, 0.1) is 11.0 Å². The van der Waals surface area contributed by atoms with E-state index in [1.54, 1.807) is 0 Å². The van der Waals surface area contributed by atoms with Crippen LogP contribution in [0, 0.1) is 5.92 Å². The average molecular weight is 490 g/mol. The quantitative estimate of drug-likeness (QED) is 0.319. The lowest BCUT2D eigenvalue weighted by atomic mass is 10.1. The predicted octanol–water partition coefficient (Wildman–Crippen LogP) is 5.65. The summed E-state index contributed by atoms with van der Waals surface area (Å²) in [6, 6.07) is 15.7. The molecular formula is C25H24BrN5O. The minimum absolute atomic E-state index is 0.0436. The van der Waals surface area contributed by atoms with Crippen LogP contribution >= 0.6 is 15.9 Å². The van der Waals surface area contributed by atoms with Gasteiger partial charge < -0.3 is 0 Å². The number of halogens is 1. The van der Waals surface area contributed by atoms with E-state index in [1.165, 1.54) is 0 Å². The topological polar surface area (TPSA) is 65.6 Å². The van der Waals surface area contributed by atoms with E-state index in [0.717, 1.165) is 33.4 Å². The Kier molecular flexibility index (Phi) is 5.29. The standard InChI is InChI=1S/C25H24BrN5O/c1-4-20-29-23-21(25(32)30(20)14-13-15(2)3)22-24(28-19-8-6-5-7-18(19)27-22)31(23)17-11-9-16(26)10-12-17/h5-12,15H,4,13-14H2,1-3H3. The summed E-state index contributed by atoms with van der Waals surface area (Å²) in [5, 5.41) is 0.530. The van der Waals surface area contributed by atoms with E-state index in [4.69, 9.17) is 15.0 Å². The van der Waals surface area contributed by atoms with Crippen LogP contribution < -0.4 is 5.56 Å². The van der Waals surface area contributed by atoms with Crippen LogP contribution in [-0.4, -0.2) is 24.1 Å². The number of aromatic nitrogens is 5. The first-order valence-electron chi connectivity index (χ1n) is 10.9. The normalized spacial score (nSPS) is 11.9. The molecule has 0 N–H and O–H groups in total. The Morgan fingerprint density at radius 3 is 2.28 bits per heavy atom. The van der Waals surface area contributed by atoms with Crippen molar-refractivity contribution in [1.29, 1.82) is 0 Å². The molecule has 3 heterocycles. The van der Waals surface area contributed by atoms with E-state index in [9.17, 15) is 4.79 Å². The number of aryl methyl sites for hydroxylation is 1. The van der Waals surface area contributed by atoms with Gasteiger partial charge in [0.25, 0.3) is 5.56 Å². The van der Waals surface area contributed by atoms with Crippen LogP contribution in [0.2, 0.25) is 0 Å². The lowest BCUT2D eigenvalue weighted by Crippen LogP contribution is -2.26. The Balaban J connectivity index is 1.93. The number of hydrogen-bond acceptors (Lipinski definition) is 4. The second kappa shape index (κ2) is 8.13. The smallest absolute Gasteiger partial charge is 0.265 e. The monoisotopic (exact) mass is 489 g/mol. The highest BCUT2D eigenvalue weighted by Gasteiger charge is 2.22. The second-order valence-corrected chi connectivity index (χ2v) is 9.33.